The maximum atomic E-state index is 5.01. The average molecular weight is 1420 g/mol. The number of hydrogen-bond acceptors (Lipinski definition) is 8. The zero-order valence-electron chi connectivity index (χ0n) is 66.9. The third-order valence-electron chi connectivity index (χ3n) is 18.3. The van der Waals surface area contributed by atoms with Crippen LogP contribution in [0.1, 0.15) is 255 Å². The van der Waals surface area contributed by atoms with E-state index in [0.29, 0.717) is 53.3 Å². The highest BCUT2D eigenvalue weighted by Crippen LogP contribution is 2.31. The van der Waals surface area contributed by atoms with Crippen LogP contribution in [0.2, 0.25) is 0 Å². The molecule has 0 spiro atoms. The smallest absolute Gasteiger partial charge is 0.137 e. The van der Waals surface area contributed by atoms with Crippen molar-refractivity contribution in [3.05, 3.63) is 266 Å². The third-order valence-corrected chi connectivity index (χ3v) is 19.6. The highest BCUT2D eigenvalue weighted by atomic mass is 32.1. The van der Waals surface area contributed by atoms with Gasteiger partial charge in [-0.3, -0.25) is 14.8 Å². The fraction of sp³-hybridized carbons (Fsp3) is 0.378. The molecule has 15 aromatic rings. The van der Waals surface area contributed by atoms with Gasteiger partial charge in [-0.25, -0.2) is 9.50 Å². The topological polar surface area (TPSA) is 152 Å². The van der Waals surface area contributed by atoms with E-state index in [2.05, 4.69) is 324 Å². The molecular weight excluding hydrogens is 1300 g/mol. The number of nitrogens with one attached hydrogen (secondary N) is 3. The summed E-state index contributed by atoms with van der Waals surface area (Å²) in [6.45, 7) is 49.7. The molecule has 0 radical (unpaired) electrons. The highest BCUT2D eigenvalue weighted by Gasteiger charge is 2.15. The van der Waals surface area contributed by atoms with Gasteiger partial charge in [0.25, 0.3) is 0 Å². The zero-order valence-corrected chi connectivity index (χ0v) is 67.8. The summed E-state index contributed by atoms with van der Waals surface area (Å²) in [7, 11) is 4.10. The van der Waals surface area contributed by atoms with E-state index in [4.69, 9.17) is 4.52 Å². The van der Waals surface area contributed by atoms with E-state index >= 15 is 0 Å². The number of thiazole rings is 1. The minimum atomic E-state index is 0.492. The molecule has 0 atom stereocenters. The van der Waals surface area contributed by atoms with E-state index in [-0.39, 0.29) is 0 Å². The summed E-state index contributed by atoms with van der Waals surface area (Å²) in [5.74, 6) is 6.04. The van der Waals surface area contributed by atoms with Crippen LogP contribution < -0.4 is 0 Å². The molecule has 0 fully saturated rings. The summed E-state index contributed by atoms with van der Waals surface area (Å²) in [6, 6.07) is 52.2. The first-order valence-electron chi connectivity index (χ1n) is 37.2. The van der Waals surface area contributed by atoms with Crippen LogP contribution in [-0.2, 0) is 14.1 Å². The van der Waals surface area contributed by atoms with Gasteiger partial charge in [0.1, 0.15) is 5.76 Å². The van der Waals surface area contributed by atoms with Gasteiger partial charge in [0.15, 0.2) is 0 Å². The Kier molecular flexibility index (Phi) is 30.4. The first-order chi connectivity index (χ1) is 49.5. The van der Waals surface area contributed by atoms with Crippen molar-refractivity contribution >= 4 is 71.4 Å². The second-order valence-electron chi connectivity index (χ2n) is 29.6. The van der Waals surface area contributed by atoms with Gasteiger partial charge in [0.05, 0.1) is 44.8 Å². The Labute approximate surface area is 624 Å². The van der Waals surface area contributed by atoms with Gasteiger partial charge in [0.2, 0.25) is 0 Å². The number of para-hydroxylation sites is 5. The van der Waals surface area contributed by atoms with Gasteiger partial charge >= 0.3 is 0 Å². The SMILES string of the molecule is CC(C)c1[nH]nc2ccccc12.CC(C)c1c[nH]c2ccccc12.CC(C)c1cccnc1.CC(C)c1cn(C)c2ccccc12.CC(C)c1cnn2ccccc12.CC(C)c1nn(C)c2ccccc12.Cc1[nH]c2ccccc2c1C(C)C.Cc1nc(C)c(C(C)C)s1.Cc1noc(C)c1C(C)C. The first-order valence-corrected chi connectivity index (χ1v) is 38.0. The van der Waals surface area contributed by atoms with E-state index in [1.54, 1.807) is 6.20 Å². The van der Waals surface area contributed by atoms with Gasteiger partial charge in [-0.1, -0.05) is 233 Å². The zero-order chi connectivity index (χ0) is 76.1. The van der Waals surface area contributed by atoms with Gasteiger partial charge in [-0.15, -0.1) is 11.3 Å². The Hall–Kier alpha value is -9.66. The molecule has 0 saturated carbocycles. The summed E-state index contributed by atoms with van der Waals surface area (Å²) in [6.07, 6.45) is 12.0. The van der Waals surface area contributed by atoms with Gasteiger partial charge in [-0.05, 0) is 159 Å². The number of aromatic amines is 3. The maximum Gasteiger partial charge on any atom is 0.137 e. The molecule has 0 bridgehead atoms. The van der Waals surface area contributed by atoms with Crippen LogP contribution in [0.15, 0.2) is 193 Å². The third kappa shape index (κ3) is 21.7. The Bertz CT molecular complexity index is 4730. The molecule has 0 aliphatic rings. The molecule has 104 heavy (non-hydrogen) atoms. The Balaban J connectivity index is 0.000000164. The maximum absolute atomic E-state index is 5.01. The summed E-state index contributed by atoms with van der Waals surface area (Å²) >= 11 is 1.81. The van der Waals surface area contributed by atoms with Crippen molar-refractivity contribution in [3.8, 4) is 0 Å². The highest BCUT2D eigenvalue weighted by molar-refractivity contribution is 7.11. The monoisotopic (exact) mass is 1410 g/mol. The molecule has 0 saturated heterocycles. The molecule has 13 nitrogen and oxygen atoms in total. The summed E-state index contributed by atoms with van der Waals surface area (Å²) < 4.78 is 11.1. The molecule has 10 aromatic heterocycles. The van der Waals surface area contributed by atoms with Gasteiger partial charge in [-0.2, -0.15) is 15.3 Å². The minimum absolute atomic E-state index is 0.492. The molecule has 0 aliphatic carbocycles. The summed E-state index contributed by atoms with van der Waals surface area (Å²) in [4.78, 5) is 16.5. The van der Waals surface area contributed by atoms with Crippen molar-refractivity contribution in [1.29, 1.82) is 0 Å². The molecule has 0 aliphatic heterocycles. The van der Waals surface area contributed by atoms with E-state index in [1.165, 1.54) is 121 Å². The van der Waals surface area contributed by atoms with E-state index in [0.717, 1.165) is 17.0 Å². The van der Waals surface area contributed by atoms with Gasteiger partial charge in [0, 0.05) is 116 Å². The van der Waals surface area contributed by atoms with E-state index < -0.39 is 0 Å². The van der Waals surface area contributed by atoms with Crippen LogP contribution >= 0.6 is 11.3 Å². The van der Waals surface area contributed by atoms with Crippen LogP contribution in [0.25, 0.3) is 60.0 Å². The lowest BCUT2D eigenvalue weighted by Gasteiger charge is -2.04. The molecule has 10 heterocycles. The van der Waals surface area contributed by atoms with Crippen molar-refractivity contribution in [1.82, 2.24) is 59.3 Å². The number of H-pyrrole nitrogens is 3. The number of fused-ring (bicyclic) bond motifs is 6. The van der Waals surface area contributed by atoms with Crippen molar-refractivity contribution < 1.29 is 4.52 Å². The predicted molar refractivity (Wildman–Crippen MR) is 445 cm³/mol. The molecule has 3 N–H and O–H groups in total. The average Bonchev–Trinajstić information content (AvgIpc) is 1.67. The number of nitrogens with zero attached hydrogens (tertiary/aromatic N) is 9. The molecule has 0 amide bonds. The summed E-state index contributed by atoms with van der Waals surface area (Å²) in [5.41, 5.74) is 21.4. The lowest BCUT2D eigenvalue weighted by atomic mass is 10.00. The number of hydrogen-bond donors (Lipinski definition) is 3. The fourth-order valence-electron chi connectivity index (χ4n) is 13.0. The lowest BCUT2D eigenvalue weighted by Crippen LogP contribution is -1.92. The Morgan fingerprint density at radius 1 is 0.462 bits per heavy atom. The second-order valence-corrected chi connectivity index (χ2v) is 30.9. The predicted octanol–water partition coefficient (Wildman–Crippen LogP) is 25.5. The molecule has 0 unspecified atom stereocenters. The second kappa shape index (κ2) is 38.7. The first kappa shape index (κ1) is 81.6. The molecule has 14 heteroatoms. The number of aromatic nitrogens is 12. The largest absolute Gasteiger partial charge is 0.361 e. The Morgan fingerprint density at radius 3 is 1.56 bits per heavy atom. The molecular formula is C90H118N12OS. The van der Waals surface area contributed by atoms with Crippen LogP contribution in [0, 0.1) is 34.6 Å². The standard InChI is InChI=1S/2C12H15N.C11H14N2.C11H13N.2C10H12N2.C8H13NO.C8H13NS.C8H11N/c1-9(2)11-8-13(3)12-7-5-4-6-10(11)12;1-8(2)12-9(3)13-11-7-5-4-6-10(11)12;1-8(2)11-9-6-4-5-7-10(9)13(3)12-11;1-8(2)10-7-12-11-6-4-3-5-9(10)11;1-8(2)9-7-11-12-6-4-3-5-10(9)12;1-7(2)10-8-5-3-4-6-9(8)11-12-10;1-5(2)8-6(3)9-10-7(8)4;1-5(2)8-6(3)9-7(4)10-8;1-7(2)8-4-3-5-9-6-8/h4-9H,1-3H3;4-8,13H,1-3H3;4-8H,1-3H3;3-8,12H,1-2H3;3-8H,1-2H3;3-7H,1-2H3,(H,11,12);2*5H,1-4H3;3-7H,1-2H3. The number of aryl methyl sites for hydroxylation is 7. The van der Waals surface area contributed by atoms with Crippen LogP contribution in [0.3, 0.4) is 0 Å². The lowest BCUT2D eigenvalue weighted by molar-refractivity contribution is 0.392. The van der Waals surface area contributed by atoms with Crippen molar-refractivity contribution in [2.45, 2.75) is 213 Å². The summed E-state index contributed by atoms with van der Waals surface area (Å²) in [5, 5.41) is 27.7. The van der Waals surface area contributed by atoms with Crippen LogP contribution in [0.5, 0.6) is 0 Å². The van der Waals surface area contributed by atoms with E-state index in [9.17, 15) is 0 Å². The van der Waals surface area contributed by atoms with Gasteiger partial charge < -0.3 is 19.1 Å². The minimum Gasteiger partial charge on any atom is -0.361 e. The number of rotatable bonds is 9. The van der Waals surface area contributed by atoms with Crippen molar-refractivity contribution in [2.75, 3.05) is 0 Å². The fourth-order valence-corrected chi connectivity index (χ4v) is 14.0. The van der Waals surface area contributed by atoms with Crippen LogP contribution in [-0.4, -0.2) is 59.3 Å². The number of benzene rings is 5. The molecule has 15 rings (SSSR count). The molecule has 550 valence electrons. The Morgan fingerprint density at radius 2 is 1.03 bits per heavy atom. The normalized spacial score (nSPS) is 11.1. The van der Waals surface area contributed by atoms with Crippen molar-refractivity contribution in [2.24, 2.45) is 14.1 Å². The van der Waals surface area contributed by atoms with Crippen molar-refractivity contribution in [3.63, 3.8) is 0 Å². The van der Waals surface area contributed by atoms with E-state index in [1.807, 2.05) is 102 Å². The quantitative estimate of drug-likeness (QED) is 0.130. The van der Waals surface area contributed by atoms with Crippen LogP contribution in [0.4, 0.5) is 0 Å². The number of pyridine rings is 2. The molecule has 5 aromatic carbocycles.